The zero-order chi connectivity index (χ0) is 22.0. The van der Waals surface area contributed by atoms with E-state index in [4.69, 9.17) is 9.47 Å². The fraction of sp³-hybridized carbons (Fsp3) is 0.360. The molecule has 1 saturated heterocycles. The van der Waals surface area contributed by atoms with E-state index in [9.17, 15) is 9.59 Å². The van der Waals surface area contributed by atoms with Crippen LogP contribution in [0.15, 0.2) is 48.2 Å². The van der Waals surface area contributed by atoms with E-state index in [2.05, 4.69) is 4.90 Å². The second kappa shape index (κ2) is 8.84. The minimum atomic E-state index is -0.212. The Hall–Kier alpha value is -3.28. The van der Waals surface area contributed by atoms with E-state index in [-0.39, 0.29) is 11.8 Å². The number of likely N-dealkylation sites (tertiary alicyclic amines) is 1. The summed E-state index contributed by atoms with van der Waals surface area (Å²) in [5.74, 6) is 0.883. The van der Waals surface area contributed by atoms with Crippen molar-refractivity contribution in [3.63, 3.8) is 0 Å². The molecule has 2 aromatic carbocycles. The van der Waals surface area contributed by atoms with Crippen LogP contribution in [0.2, 0.25) is 0 Å². The Bertz CT molecular complexity index is 1020. The van der Waals surface area contributed by atoms with Crippen molar-refractivity contribution in [3.05, 3.63) is 64.9 Å². The van der Waals surface area contributed by atoms with Crippen LogP contribution < -0.4 is 9.47 Å². The maximum Gasteiger partial charge on any atom is 0.277 e. The highest BCUT2D eigenvalue weighted by Gasteiger charge is 2.41. The summed E-state index contributed by atoms with van der Waals surface area (Å²) in [6.07, 6.45) is 2.63. The number of nitrogens with zero attached hydrogens (tertiary/aromatic N) is 2. The Kier molecular flexibility index (Phi) is 5.98. The second-order valence-corrected chi connectivity index (χ2v) is 7.99. The zero-order valence-corrected chi connectivity index (χ0v) is 18.3. The molecule has 0 radical (unpaired) electrons. The van der Waals surface area contributed by atoms with Crippen LogP contribution in [0.4, 0.5) is 0 Å². The van der Waals surface area contributed by atoms with E-state index in [1.807, 2.05) is 49.4 Å². The summed E-state index contributed by atoms with van der Waals surface area (Å²) in [6.45, 7) is 3.96. The first-order chi connectivity index (χ1) is 15.0. The molecule has 0 aromatic heterocycles. The van der Waals surface area contributed by atoms with E-state index in [0.29, 0.717) is 35.7 Å². The lowest BCUT2D eigenvalue weighted by Gasteiger charge is -2.20. The standard InChI is InChI=1S/C25H28N2O4/c1-17-6-9-19(10-7-17)22-23(26-13-4-5-14-26)25(29)27(24(22)28)15-12-18-8-11-20(30-2)21(16-18)31-3/h6-11,16H,4-5,12-15H2,1-3H3. The molecule has 2 aliphatic heterocycles. The predicted octanol–water partition coefficient (Wildman–Crippen LogP) is 3.43. The van der Waals surface area contributed by atoms with E-state index < -0.39 is 0 Å². The number of hydrogen-bond donors (Lipinski definition) is 0. The van der Waals surface area contributed by atoms with Gasteiger partial charge in [-0.05, 0) is 49.4 Å². The summed E-state index contributed by atoms with van der Waals surface area (Å²) in [4.78, 5) is 30.2. The van der Waals surface area contributed by atoms with Gasteiger partial charge < -0.3 is 14.4 Å². The molecule has 31 heavy (non-hydrogen) atoms. The number of ether oxygens (including phenoxy) is 2. The number of benzene rings is 2. The van der Waals surface area contributed by atoms with Gasteiger partial charge in [0.15, 0.2) is 11.5 Å². The van der Waals surface area contributed by atoms with Crippen LogP contribution in [-0.2, 0) is 16.0 Å². The quantitative estimate of drug-likeness (QED) is 0.643. The molecule has 0 unspecified atom stereocenters. The molecule has 0 spiro atoms. The fourth-order valence-electron chi connectivity index (χ4n) is 4.26. The van der Waals surface area contributed by atoms with Crippen LogP contribution in [-0.4, -0.2) is 55.5 Å². The molecule has 6 nitrogen and oxygen atoms in total. The summed E-state index contributed by atoms with van der Waals surface area (Å²) in [5, 5.41) is 0. The third-order valence-electron chi connectivity index (χ3n) is 5.98. The van der Waals surface area contributed by atoms with E-state index >= 15 is 0 Å². The maximum atomic E-state index is 13.4. The van der Waals surface area contributed by atoms with Crippen LogP contribution in [0.25, 0.3) is 5.57 Å². The molecule has 162 valence electrons. The minimum Gasteiger partial charge on any atom is -0.493 e. The normalized spacial score (nSPS) is 16.5. The Morgan fingerprint density at radius 2 is 1.55 bits per heavy atom. The van der Waals surface area contributed by atoms with Gasteiger partial charge in [0.2, 0.25) is 0 Å². The molecule has 0 saturated carbocycles. The highest BCUT2D eigenvalue weighted by molar-refractivity contribution is 6.35. The molecule has 2 aromatic rings. The average molecular weight is 421 g/mol. The van der Waals surface area contributed by atoms with Crippen molar-refractivity contribution in [2.75, 3.05) is 33.9 Å². The van der Waals surface area contributed by atoms with Gasteiger partial charge in [-0.25, -0.2) is 0 Å². The topological polar surface area (TPSA) is 59.1 Å². The minimum absolute atomic E-state index is 0.192. The lowest BCUT2D eigenvalue weighted by Crippen LogP contribution is -2.36. The van der Waals surface area contributed by atoms with E-state index in [1.54, 1.807) is 14.2 Å². The lowest BCUT2D eigenvalue weighted by molar-refractivity contribution is -0.137. The van der Waals surface area contributed by atoms with Crippen LogP contribution in [0, 0.1) is 6.92 Å². The summed E-state index contributed by atoms with van der Waals surface area (Å²) in [6, 6.07) is 13.5. The van der Waals surface area contributed by atoms with Crippen molar-refractivity contribution in [1.82, 2.24) is 9.80 Å². The number of imide groups is 1. The third kappa shape index (κ3) is 4.02. The van der Waals surface area contributed by atoms with Gasteiger partial charge in [0.25, 0.3) is 11.8 Å². The number of rotatable bonds is 7. The van der Waals surface area contributed by atoms with Crippen LogP contribution >= 0.6 is 0 Å². The van der Waals surface area contributed by atoms with Crippen molar-refractivity contribution in [2.45, 2.75) is 26.2 Å². The number of amides is 2. The van der Waals surface area contributed by atoms with E-state index in [1.165, 1.54) is 4.90 Å². The second-order valence-electron chi connectivity index (χ2n) is 7.99. The third-order valence-corrected chi connectivity index (χ3v) is 5.98. The Morgan fingerprint density at radius 1 is 0.871 bits per heavy atom. The smallest absolute Gasteiger partial charge is 0.277 e. The molecule has 0 atom stereocenters. The largest absolute Gasteiger partial charge is 0.493 e. The Balaban J connectivity index is 1.60. The number of carbonyl (C=O) groups excluding carboxylic acids is 2. The van der Waals surface area contributed by atoms with Gasteiger partial charge in [-0.1, -0.05) is 35.9 Å². The predicted molar refractivity (Wildman–Crippen MR) is 119 cm³/mol. The summed E-state index contributed by atoms with van der Waals surface area (Å²) in [7, 11) is 3.19. The number of methoxy groups -OCH3 is 2. The lowest BCUT2D eigenvalue weighted by atomic mass is 10.0. The molecule has 1 fully saturated rings. The maximum absolute atomic E-state index is 13.4. The first-order valence-corrected chi connectivity index (χ1v) is 10.7. The Morgan fingerprint density at radius 3 is 2.19 bits per heavy atom. The van der Waals surface area contributed by atoms with Crippen molar-refractivity contribution in [2.24, 2.45) is 0 Å². The first-order valence-electron chi connectivity index (χ1n) is 10.7. The molecule has 2 heterocycles. The van der Waals surface area contributed by atoms with Gasteiger partial charge in [0.05, 0.1) is 19.8 Å². The van der Waals surface area contributed by atoms with E-state index in [0.717, 1.165) is 42.6 Å². The molecule has 2 aliphatic rings. The van der Waals surface area contributed by atoms with Crippen LogP contribution in [0.5, 0.6) is 11.5 Å². The molecular weight excluding hydrogens is 392 g/mol. The number of carbonyl (C=O) groups is 2. The number of aryl methyl sites for hydroxylation is 1. The summed E-state index contributed by atoms with van der Waals surface area (Å²) < 4.78 is 10.7. The molecule has 0 bridgehead atoms. The molecular formula is C25H28N2O4. The van der Waals surface area contributed by atoms with Crippen molar-refractivity contribution < 1.29 is 19.1 Å². The fourth-order valence-corrected chi connectivity index (χ4v) is 4.26. The highest BCUT2D eigenvalue weighted by atomic mass is 16.5. The van der Waals surface area contributed by atoms with Crippen molar-refractivity contribution in [3.8, 4) is 11.5 Å². The molecule has 0 N–H and O–H groups in total. The molecule has 4 rings (SSSR count). The summed E-state index contributed by atoms with van der Waals surface area (Å²) >= 11 is 0. The van der Waals surface area contributed by atoms with Gasteiger partial charge in [0.1, 0.15) is 5.70 Å². The number of hydrogen-bond acceptors (Lipinski definition) is 5. The summed E-state index contributed by atoms with van der Waals surface area (Å²) in [5.41, 5.74) is 3.98. The van der Waals surface area contributed by atoms with Crippen LogP contribution in [0.1, 0.15) is 29.5 Å². The monoisotopic (exact) mass is 420 g/mol. The SMILES string of the molecule is COc1ccc(CCN2C(=O)C(c3ccc(C)cc3)=C(N3CCCC3)C2=O)cc1OC. The Labute approximate surface area is 183 Å². The van der Waals surface area contributed by atoms with Crippen molar-refractivity contribution >= 4 is 17.4 Å². The zero-order valence-electron chi connectivity index (χ0n) is 18.3. The van der Waals surface area contributed by atoms with Gasteiger partial charge in [0, 0.05) is 19.6 Å². The molecule has 6 heteroatoms. The van der Waals surface area contributed by atoms with Gasteiger partial charge in [-0.2, -0.15) is 0 Å². The first kappa shape index (κ1) is 21.0. The highest BCUT2D eigenvalue weighted by Crippen LogP contribution is 2.34. The van der Waals surface area contributed by atoms with Gasteiger partial charge in [-0.15, -0.1) is 0 Å². The van der Waals surface area contributed by atoms with Gasteiger partial charge >= 0.3 is 0 Å². The van der Waals surface area contributed by atoms with Crippen molar-refractivity contribution in [1.29, 1.82) is 0 Å². The molecule has 0 aliphatic carbocycles. The molecule has 2 amide bonds. The van der Waals surface area contributed by atoms with Gasteiger partial charge in [-0.3, -0.25) is 14.5 Å². The van der Waals surface area contributed by atoms with Crippen LogP contribution in [0.3, 0.4) is 0 Å². The average Bonchev–Trinajstić information content (AvgIpc) is 3.39.